The minimum atomic E-state index is 0.496. The van der Waals surface area contributed by atoms with E-state index in [0.717, 1.165) is 13.1 Å². The molecule has 16 heavy (non-hydrogen) atoms. The van der Waals surface area contributed by atoms with Crippen LogP contribution in [-0.2, 0) is 0 Å². The van der Waals surface area contributed by atoms with Crippen LogP contribution in [0, 0.1) is 5.92 Å². The van der Waals surface area contributed by atoms with Crippen LogP contribution in [0.5, 0.6) is 0 Å². The molecule has 2 atom stereocenters. The lowest BCUT2D eigenvalue weighted by Crippen LogP contribution is -2.23. The quantitative estimate of drug-likeness (QED) is 0.797. The Hall–Kier alpha value is -0.860. The van der Waals surface area contributed by atoms with Gasteiger partial charge in [-0.2, -0.15) is 0 Å². The van der Waals surface area contributed by atoms with Crippen LogP contribution in [0.25, 0.3) is 0 Å². The van der Waals surface area contributed by atoms with Crippen molar-refractivity contribution in [1.29, 1.82) is 0 Å². The normalized spacial score (nSPS) is 15.1. The zero-order valence-electron chi connectivity index (χ0n) is 10.7. The Kier molecular flexibility index (Phi) is 5.50. The van der Waals surface area contributed by atoms with Crippen molar-refractivity contribution in [2.24, 2.45) is 11.7 Å². The second-order valence-electron chi connectivity index (χ2n) is 4.95. The maximum atomic E-state index is 5.87. The maximum absolute atomic E-state index is 5.87. The summed E-state index contributed by atoms with van der Waals surface area (Å²) in [7, 11) is 4.24. The molecule has 0 amide bonds. The third-order valence-corrected chi connectivity index (χ3v) is 2.92. The monoisotopic (exact) mass is 220 g/mol. The van der Waals surface area contributed by atoms with Gasteiger partial charge in [0.2, 0.25) is 0 Å². The van der Waals surface area contributed by atoms with Crippen molar-refractivity contribution in [3.05, 3.63) is 35.9 Å². The Morgan fingerprint density at radius 1 is 1.19 bits per heavy atom. The van der Waals surface area contributed by atoms with Gasteiger partial charge in [-0.1, -0.05) is 37.3 Å². The van der Waals surface area contributed by atoms with Crippen LogP contribution >= 0.6 is 0 Å². The summed E-state index contributed by atoms with van der Waals surface area (Å²) in [5.74, 6) is 1.18. The molecule has 1 aromatic carbocycles. The van der Waals surface area contributed by atoms with Gasteiger partial charge in [-0.05, 0) is 44.5 Å². The van der Waals surface area contributed by atoms with Crippen LogP contribution in [0.15, 0.2) is 30.3 Å². The summed E-state index contributed by atoms with van der Waals surface area (Å²) in [6.07, 6.45) is 1.17. The summed E-state index contributed by atoms with van der Waals surface area (Å²) in [6, 6.07) is 10.6. The zero-order valence-corrected chi connectivity index (χ0v) is 10.7. The molecule has 0 saturated carbocycles. The van der Waals surface area contributed by atoms with Gasteiger partial charge in [0, 0.05) is 6.54 Å². The van der Waals surface area contributed by atoms with Gasteiger partial charge < -0.3 is 10.6 Å². The predicted octanol–water partition coefficient (Wildman–Crippen LogP) is 2.32. The Balaban J connectivity index is 2.56. The lowest BCUT2D eigenvalue weighted by molar-refractivity contribution is 0.315. The predicted molar refractivity (Wildman–Crippen MR) is 70.6 cm³/mol. The van der Waals surface area contributed by atoms with E-state index >= 15 is 0 Å². The van der Waals surface area contributed by atoms with Gasteiger partial charge in [-0.25, -0.2) is 0 Å². The average molecular weight is 220 g/mol. The molecule has 0 bridgehead atoms. The van der Waals surface area contributed by atoms with Crippen LogP contribution in [0.3, 0.4) is 0 Å². The molecule has 90 valence electrons. The minimum absolute atomic E-state index is 0.496. The van der Waals surface area contributed by atoms with E-state index < -0.39 is 0 Å². The van der Waals surface area contributed by atoms with Gasteiger partial charge in [0.15, 0.2) is 0 Å². The first kappa shape index (κ1) is 13.2. The first-order valence-corrected chi connectivity index (χ1v) is 6.03. The molecule has 1 rings (SSSR count). The number of benzene rings is 1. The smallest absolute Gasteiger partial charge is 0.000114 e. The SMILES string of the molecule is CC(CC(CN)c1ccccc1)CN(C)C. The third kappa shape index (κ3) is 4.33. The standard InChI is InChI=1S/C14H24N2/c1-12(11-16(2)3)9-14(10-15)13-7-5-4-6-8-13/h4-8,12,14H,9-11,15H2,1-3H3. The molecular weight excluding hydrogens is 196 g/mol. The van der Waals surface area contributed by atoms with Crippen molar-refractivity contribution < 1.29 is 0 Å². The number of hydrogen-bond donors (Lipinski definition) is 1. The Bertz CT molecular complexity index is 282. The van der Waals surface area contributed by atoms with Gasteiger partial charge in [0.25, 0.3) is 0 Å². The first-order chi connectivity index (χ1) is 7.63. The molecule has 2 unspecified atom stereocenters. The average Bonchev–Trinajstić information content (AvgIpc) is 2.26. The molecule has 0 aliphatic rings. The molecule has 0 aromatic heterocycles. The molecule has 2 N–H and O–H groups in total. The molecule has 0 radical (unpaired) electrons. The topological polar surface area (TPSA) is 29.3 Å². The number of nitrogens with two attached hydrogens (primary N) is 1. The molecule has 0 aliphatic carbocycles. The van der Waals surface area contributed by atoms with Crippen molar-refractivity contribution in [2.75, 3.05) is 27.2 Å². The Morgan fingerprint density at radius 2 is 1.81 bits per heavy atom. The fraction of sp³-hybridized carbons (Fsp3) is 0.571. The lowest BCUT2D eigenvalue weighted by Gasteiger charge is -2.22. The fourth-order valence-corrected chi connectivity index (χ4v) is 2.28. The molecule has 0 spiro atoms. The van der Waals surface area contributed by atoms with E-state index in [1.165, 1.54) is 12.0 Å². The highest BCUT2D eigenvalue weighted by atomic mass is 15.1. The van der Waals surface area contributed by atoms with E-state index in [1.54, 1.807) is 0 Å². The summed E-state index contributed by atoms with van der Waals surface area (Å²) < 4.78 is 0. The van der Waals surface area contributed by atoms with E-state index in [4.69, 9.17) is 5.73 Å². The van der Waals surface area contributed by atoms with Gasteiger partial charge in [-0.3, -0.25) is 0 Å². The number of hydrogen-bond acceptors (Lipinski definition) is 2. The van der Waals surface area contributed by atoms with E-state index in [0.29, 0.717) is 11.8 Å². The lowest BCUT2D eigenvalue weighted by atomic mass is 9.89. The molecule has 2 nitrogen and oxygen atoms in total. The van der Waals surface area contributed by atoms with Gasteiger partial charge >= 0.3 is 0 Å². The third-order valence-electron chi connectivity index (χ3n) is 2.92. The molecule has 2 heteroatoms. The van der Waals surface area contributed by atoms with Gasteiger partial charge in [0.05, 0.1) is 0 Å². The summed E-state index contributed by atoms with van der Waals surface area (Å²) in [6.45, 7) is 4.16. The summed E-state index contributed by atoms with van der Waals surface area (Å²) in [5.41, 5.74) is 7.24. The van der Waals surface area contributed by atoms with Gasteiger partial charge in [-0.15, -0.1) is 0 Å². The van der Waals surface area contributed by atoms with E-state index in [1.807, 2.05) is 0 Å². The largest absolute Gasteiger partial charge is 0.330 e. The summed E-state index contributed by atoms with van der Waals surface area (Å²) >= 11 is 0. The van der Waals surface area contributed by atoms with Crippen LogP contribution in [0.1, 0.15) is 24.8 Å². The Labute approximate surface area is 99.5 Å². The second kappa shape index (κ2) is 6.66. The van der Waals surface area contributed by atoms with Gasteiger partial charge in [0.1, 0.15) is 0 Å². The molecule has 0 saturated heterocycles. The van der Waals surface area contributed by atoms with Crippen LogP contribution in [0.4, 0.5) is 0 Å². The molecule has 0 fully saturated rings. The molecule has 0 heterocycles. The van der Waals surface area contributed by atoms with Crippen molar-refractivity contribution in [3.63, 3.8) is 0 Å². The zero-order chi connectivity index (χ0) is 12.0. The van der Waals surface area contributed by atoms with Crippen LogP contribution < -0.4 is 5.73 Å². The summed E-state index contributed by atoms with van der Waals surface area (Å²) in [5, 5.41) is 0. The highest BCUT2D eigenvalue weighted by Gasteiger charge is 2.14. The second-order valence-corrected chi connectivity index (χ2v) is 4.95. The molecule has 0 aliphatic heterocycles. The number of rotatable bonds is 6. The number of nitrogens with zero attached hydrogens (tertiary/aromatic N) is 1. The van der Waals surface area contributed by atoms with E-state index in [-0.39, 0.29) is 0 Å². The maximum Gasteiger partial charge on any atom is 0.000114 e. The van der Waals surface area contributed by atoms with E-state index in [2.05, 4.69) is 56.3 Å². The highest BCUT2D eigenvalue weighted by Crippen LogP contribution is 2.22. The van der Waals surface area contributed by atoms with Crippen molar-refractivity contribution in [3.8, 4) is 0 Å². The van der Waals surface area contributed by atoms with Crippen LogP contribution in [0.2, 0.25) is 0 Å². The van der Waals surface area contributed by atoms with Crippen molar-refractivity contribution >= 4 is 0 Å². The first-order valence-electron chi connectivity index (χ1n) is 6.03. The Morgan fingerprint density at radius 3 is 2.31 bits per heavy atom. The summed E-state index contributed by atoms with van der Waals surface area (Å²) in [4.78, 5) is 2.24. The minimum Gasteiger partial charge on any atom is -0.330 e. The highest BCUT2D eigenvalue weighted by molar-refractivity contribution is 5.19. The van der Waals surface area contributed by atoms with E-state index in [9.17, 15) is 0 Å². The van der Waals surface area contributed by atoms with Crippen LogP contribution in [-0.4, -0.2) is 32.1 Å². The van der Waals surface area contributed by atoms with Crippen molar-refractivity contribution in [2.45, 2.75) is 19.3 Å². The molecule has 1 aromatic rings. The fourth-order valence-electron chi connectivity index (χ4n) is 2.28. The molecular formula is C14H24N2. The van der Waals surface area contributed by atoms with Crippen molar-refractivity contribution in [1.82, 2.24) is 4.90 Å².